The Bertz CT molecular complexity index is 2020. The fraction of sp³-hybridized carbons (Fsp3) is 0.521. The maximum atomic E-state index is 15.2. The molecule has 1 fully saturated rings. The Labute approximate surface area is 380 Å². The molecule has 0 spiro atoms. The van der Waals surface area contributed by atoms with Gasteiger partial charge in [-0.3, -0.25) is 28.9 Å². The zero-order valence-electron chi connectivity index (χ0n) is 37.4. The summed E-state index contributed by atoms with van der Waals surface area (Å²) in [5.41, 5.74) is 2.14. The van der Waals surface area contributed by atoms with Gasteiger partial charge in [0.25, 0.3) is 11.8 Å². The van der Waals surface area contributed by atoms with E-state index in [-0.39, 0.29) is 53.2 Å². The van der Waals surface area contributed by atoms with E-state index < -0.39 is 23.1 Å². The van der Waals surface area contributed by atoms with Gasteiger partial charge in [-0.2, -0.15) is 11.8 Å². The van der Waals surface area contributed by atoms with E-state index >= 15 is 4.39 Å². The fourth-order valence-electron chi connectivity index (χ4n) is 7.93. The average molecular weight is 907 g/mol. The standard InChI is InChI=1S/C48H64F2N6O7S/c1-48(2,3)47(41-28-37(39-29-38(49)13-14-40(39)50)33-54(41)31-35-10-6-4-7-11-35)56(32-36-17-19-51-30-36)46(61)34-64-27-18-43(58)53-21-24-63-26-25-62-23-20-52-42(57)12-8-5-9-22-55-44(59)15-16-45(55)60/h4,6-7,10-11,13-16,28-29,33,36,47,51H,5,8-9,12,17-27,30-32,34H2,1-3H3,(H,52,57)(H,53,58). The third-order valence-electron chi connectivity index (χ3n) is 11.1. The lowest BCUT2D eigenvalue weighted by Crippen LogP contribution is -2.45. The molecule has 1 aromatic heterocycles. The van der Waals surface area contributed by atoms with Crippen molar-refractivity contribution in [1.82, 2.24) is 30.3 Å². The van der Waals surface area contributed by atoms with Gasteiger partial charge in [-0.05, 0) is 73.5 Å². The first-order valence-corrected chi connectivity index (χ1v) is 23.5. The number of rotatable bonds is 27. The van der Waals surface area contributed by atoms with E-state index in [0.717, 1.165) is 49.3 Å². The van der Waals surface area contributed by atoms with Crippen LogP contribution in [0.1, 0.15) is 76.6 Å². The van der Waals surface area contributed by atoms with Crippen molar-refractivity contribution in [2.75, 3.05) is 77.2 Å². The number of nitrogens with one attached hydrogen (secondary N) is 3. The topological polar surface area (TPSA) is 151 Å². The van der Waals surface area contributed by atoms with Gasteiger partial charge in [0.05, 0.1) is 38.2 Å². The van der Waals surface area contributed by atoms with E-state index in [9.17, 15) is 28.4 Å². The van der Waals surface area contributed by atoms with Crippen LogP contribution in [0.15, 0.2) is 72.9 Å². The number of unbranched alkanes of at least 4 members (excludes halogenated alkanes) is 2. The highest BCUT2D eigenvalue weighted by atomic mass is 32.2. The summed E-state index contributed by atoms with van der Waals surface area (Å²) in [6, 6.07) is 14.9. The lowest BCUT2D eigenvalue weighted by Gasteiger charge is -2.42. The highest BCUT2D eigenvalue weighted by molar-refractivity contribution is 7.99. The molecule has 2 atom stereocenters. The number of hydrogen-bond acceptors (Lipinski definition) is 9. The quantitative estimate of drug-likeness (QED) is 0.0630. The molecular weight excluding hydrogens is 843 g/mol. The van der Waals surface area contributed by atoms with Crippen LogP contribution in [0.4, 0.5) is 8.78 Å². The van der Waals surface area contributed by atoms with E-state index in [4.69, 9.17) is 9.47 Å². The maximum absolute atomic E-state index is 15.2. The number of halogens is 2. The van der Waals surface area contributed by atoms with Crippen molar-refractivity contribution in [3.63, 3.8) is 0 Å². The molecule has 1 saturated heterocycles. The number of carbonyl (C=O) groups excluding carboxylic acids is 5. The summed E-state index contributed by atoms with van der Waals surface area (Å²) in [6.07, 6.45) is 7.98. The summed E-state index contributed by atoms with van der Waals surface area (Å²) in [6.45, 7) is 11.4. The van der Waals surface area contributed by atoms with Crippen molar-refractivity contribution < 1.29 is 42.2 Å². The second-order valence-electron chi connectivity index (χ2n) is 17.3. The molecule has 3 heterocycles. The average Bonchev–Trinajstić information content (AvgIpc) is 4.01. The van der Waals surface area contributed by atoms with Crippen molar-refractivity contribution in [3.05, 3.63) is 95.8 Å². The van der Waals surface area contributed by atoms with Gasteiger partial charge in [0.2, 0.25) is 17.7 Å². The molecule has 5 amide bonds. The summed E-state index contributed by atoms with van der Waals surface area (Å²) in [5.74, 6) is -1.00. The molecule has 348 valence electrons. The van der Waals surface area contributed by atoms with Gasteiger partial charge in [-0.1, -0.05) is 57.5 Å². The van der Waals surface area contributed by atoms with E-state index in [1.807, 2.05) is 47.5 Å². The number of nitrogens with zero attached hydrogens (tertiary/aromatic N) is 3. The molecule has 2 aliphatic heterocycles. The summed E-state index contributed by atoms with van der Waals surface area (Å²) < 4.78 is 42.8. The number of amides is 5. The SMILES string of the molecule is CC(C)(C)C(c1cc(-c2cc(F)ccc2F)cn1Cc1ccccc1)N(CC1CCNC1)C(=O)CSCCC(=O)NCCOCCOCCNC(=O)CCCCCN1C(=O)C=CC1=O. The summed E-state index contributed by atoms with van der Waals surface area (Å²) in [7, 11) is 0. The Morgan fingerprint density at radius 1 is 0.891 bits per heavy atom. The predicted molar refractivity (Wildman–Crippen MR) is 244 cm³/mol. The van der Waals surface area contributed by atoms with Crippen LogP contribution in [0.2, 0.25) is 0 Å². The van der Waals surface area contributed by atoms with Gasteiger partial charge in [0, 0.05) is 86.5 Å². The highest BCUT2D eigenvalue weighted by Gasteiger charge is 2.38. The third-order valence-corrected chi connectivity index (χ3v) is 12.1. The van der Waals surface area contributed by atoms with E-state index in [2.05, 4.69) is 41.3 Å². The minimum absolute atomic E-state index is 0.0426. The number of imide groups is 1. The third kappa shape index (κ3) is 16.0. The van der Waals surface area contributed by atoms with Crippen LogP contribution in [0, 0.1) is 23.0 Å². The summed E-state index contributed by atoms with van der Waals surface area (Å²) in [4.78, 5) is 65.4. The van der Waals surface area contributed by atoms with Gasteiger partial charge < -0.3 is 34.9 Å². The van der Waals surface area contributed by atoms with Crippen molar-refractivity contribution in [2.24, 2.45) is 11.3 Å². The minimum atomic E-state index is -0.529. The number of aromatic nitrogens is 1. The molecule has 13 nitrogen and oxygen atoms in total. The summed E-state index contributed by atoms with van der Waals surface area (Å²) >= 11 is 1.42. The molecule has 3 N–H and O–H groups in total. The van der Waals surface area contributed by atoms with Gasteiger partial charge in [-0.25, -0.2) is 8.78 Å². The number of hydrogen-bond donors (Lipinski definition) is 3. The molecule has 2 unspecified atom stereocenters. The molecule has 0 aliphatic carbocycles. The van der Waals surface area contributed by atoms with E-state index in [1.54, 1.807) is 0 Å². The predicted octanol–water partition coefficient (Wildman–Crippen LogP) is 5.88. The van der Waals surface area contributed by atoms with Crippen LogP contribution in [0.3, 0.4) is 0 Å². The highest BCUT2D eigenvalue weighted by Crippen LogP contribution is 2.42. The first kappa shape index (κ1) is 50.1. The van der Waals surface area contributed by atoms with Crippen LogP contribution < -0.4 is 16.0 Å². The Hall–Kier alpha value is -4.90. The molecule has 5 rings (SSSR count). The molecule has 16 heteroatoms. The largest absolute Gasteiger partial charge is 0.377 e. The molecule has 3 aromatic rings. The maximum Gasteiger partial charge on any atom is 0.253 e. The van der Waals surface area contributed by atoms with E-state index in [1.165, 1.54) is 34.9 Å². The van der Waals surface area contributed by atoms with Crippen LogP contribution in [0.5, 0.6) is 0 Å². The zero-order valence-corrected chi connectivity index (χ0v) is 38.2. The van der Waals surface area contributed by atoms with Crippen LogP contribution in [0.25, 0.3) is 11.1 Å². The number of ether oxygens (including phenoxy) is 2. The van der Waals surface area contributed by atoms with Gasteiger partial charge in [0.1, 0.15) is 11.6 Å². The number of benzene rings is 2. The molecule has 2 aromatic carbocycles. The van der Waals surface area contributed by atoms with Gasteiger partial charge in [0.15, 0.2) is 0 Å². The van der Waals surface area contributed by atoms with Gasteiger partial charge >= 0.3 is 0 Å². The molecule has 0 saturated carbocycles. The van der Waals surface area contributed by atoms with Crippen LogP contribution in [-0.4, -0.2) is 121 Å². The first-order chi connectivity index (χ1) is 30.8. The minimum Gasteiger partial charge on any atom is -0.377 e. The van der Waals surface area contributed by atoms with Crippen molar-refractivity contribution >= 4 is 41.3 Å². The fourth-order valence-corrected chi connectivity index (χ4v) is 8.74. The molecule has 0 bridgehead atoms. The smallest absolute Gasteiger partial charge is 0.253 e. The molecule has 0 radical (unpaired) electrons. The monoisotopic (exact) mass is 906 g/mol. The number of thioether (sulfide) groups is 1. The Balaban J connectivity index is 1.03. The molecule has 64 heavy (non-hydrogen) atoms. The van der Waals surface area contributed by atoms with Crippen LogP contribution >= 0.6 is 11.8 Å². The van der Waals surface area contributed by atoms with Crippen LogP contribution in [-0.2, 0) is 40.0 Å². The number of carbonyl (C=O) groups is 5. The van der Waals surface area contributed by atoms with Crippen molar-refractivity contribution in [1.29, 1.82) is 0 Å². The lowest BCUT2D eigenvalue weighted by molar-refractivity contribution is -0.137. The second kappa shape index (κ2) is 25.6. The Kier molecular flexibility index (Phi) is 20.0. The lowest BCUT2D eigenvalue weighted by atomic mass is 9.82. The summed E-state index contributed by atoms with van der Waals surface area (Å²) in [5, 5.41) is 9.09. The van der Waals surface area contributed by atoms with Crippen molar-refractivity contribution in [2.45, 2.75) is 71.9 Å². The zero-order chi connectivity index (χ0) is 45.9. The molecule has 2 aliphatic rings. The normalized spacial score (nSPS) is 15.5. The van der Waals surface area contributed by atoms with Crippen molar-refractivity contribution in [3.8, 4) is 11.1 Å². The molecular formula is C48H64F2N6O7S. The first-order valence-electron chi connectivity index (χ1n) is 22.3. The van der Waals surface area contributed by atoms with E-state index in [0.29, 0.717) is 89.7 Å². The second-order valence-corrected chi connectivity index (χ2v) is 18.4. The Morgan fingerprint density at radius 2 is 1.58 bits per heavy atom. The Morgan fingerprint density at radius 3 is 2.23 bits per heavy atom. The van der Waals surface area contributed by atoms with Gasteiger partial charge in [-0.15, -0.1) is 0 Å².